The molecule has 1 amide bonds. The van der Waals surface area contributed by atoms with Gasteiger partial charge in [-0.25, -0.2) is 4.98 Å². The third-order valence-corrected chi connectivity index (χ3v) is 7.11. The number of likely N-dealkylation sites (tertiary alicyclic amines) is 1. The van der Waals surface area contributed by atoms with Crippen molar-refractivity contribution in [1.29, 1.82) is 0 Å². The molecular weight excluding hydrogens is 370 g/mol. The number of nitrogens with zero attached hydrogens (tertiary/aromatic N) is 4. The Balaban J connectivity index is 1.28. The maximum Gasteiger partial charge on any atom is 0.257 e. The lowest BCUT2D eigenvalue weighted by atomic mass is 9.96. The summed E-state index contributed by atoms with van der Waals surface area (Å²) < 4.78 is 3.25. The Labute approximate surface area is 168 Å². The first-order valence-electron chi connectivity index (χ1n) is 10.0. The van der Waals surface area contributed by atoms with E-state index < -0.39 is 0 Å². The molecule has 1 fully saturated rings. The van der Waals surface area contributed by atoms with Gasteiger partial charge in [0.15, 0.2) is 5.13 Å². The lowest BCUT2D eigenvalue weighted by Gasteiger charge is -2.22. The van der Waals surface area contributed by atoms with E-state index in [4.69, 9.17) is 4.98 Å². The highest BCUT2D eigenvalue weighted by Gasteiger charge is 2.31. The Bertz CT molecular complexity index is 1040. The van der Waals surface area contributed by atoms with Crippen molar-refractivity contribution in [2.75, 3.05) is 18.4 Å². The Morgan fingerprint density at radius 1 is 1.29 bits per heavy atom. The van der Waals surface area contributed by atoms with E-state index in [2.05, 4.69) is 36.4 Å². The zero-order valence-electron chi connectivity index (χ0n) is 16.3. The number of carbonyl (C=O) groups excluding carboxylic acids is 1. The molecule has 0 radical (unpaired) electrons. The van der Waals surface area contributed by atoms with Crippen molar-refractivity contribution >= 4 is 32.6 Å². The summed E-state index contributed by atoms with van der Waals surface area (Å²) in [6, 6.07) is 6.46. The lowest BCUT2D eigenvalue weighted by molar-refractivity contribution is 0.0789. The first-order chi connectivity index (χ1) is 13.6. The molecule has 0 spiro atoms. The lowest BCUT2D eigenvalue weighted by Crippen LogP contribution is -2.32. The standard InChI is InChI=1S/C21H25N5OS/c1-13-6-9-26-18(10-13)16(11-22-26)20(27)25-8-7-15(12-25)23-21-24-17-5-3-4-14(2)19(17)28-21/h3-5,11,13,15H,6-10,12H2,1-2H3,(H,23,24)/t13?,15-/m1/s1. The van der Waals surface area contributed by atoms with Crippen molar-refractivity contribution in [3.63, 3.8) is 0 Å². The molecule has 7 heteroatoms. The van der Waals surface area contributed by atoms with Gasteiger partial charge in [-0.15, -0.1) is 0 Å². The van der Waals surface area contributed by atoms with Crippen LogP contribution in [0, 0.1) is 12.8 Å². The topological polar surface area (TPSA) is 63.1 Å². The van der Waals surface area contributed by atoms with E-state index >= 15 is 0 Å². The molecule has 0 bridgehead atoms. The predicted molar refractivity (Wildman–Crippen MR) is 112 cm³/mol. The van der Waals surface area contributed by atoms with E-state index in [1.807, 2.05) is 15.6 Å². The summed E-state index contributed by atoms with van der Waals surface area (Å²) in [5, 5.41) is 8.94. The molecule has 1 N–H and O–H groups in total. The minimum absolute atomic E-state index is 0.125. The van der Waals surface area contributed by atoms with Crippen molar-refractivity contribution < 1.29 is 4.79 Å². The first kappa shape index (κ1) is 17.7. The molecule has 3 aromatic rings. The monoisotopic (exact) mass is 395 g/mol. The van der Waals surface area contributed by atoms with E-state index in [0.717, 1.165) is 54.3 Å². The minimum Gasteiger partial charge on any atom is -0.357 e. The fourth-order valence-corrected chi connectivity index (χ4v) is 5.34. The van der Waals surface area contributed by atoms with Crippen LogP contribution < -0.4 is 5.32 Å². The van der Waals surface area contributed by atoms with Gasteiger partial charge in [-0.2, -0.15) is 5.10 Å². The molecule has 1 aromatic carbocycles. The highest BCUT2D eigenvalue weighted by atomic mass is 32.1. The average Bonchev–Trinajstić information content (AvgIpc) is 3.39. The number of hydrogen-bond acceptors (Lipinski definition) is 5. The molecule has 5 rings (SSSR count). The first-order valence-corrected chi connectivity index (χ1v) is 10.9. The van der Waals surface area contributed by atoms with E-state index in [0.29, 0.717) is 12.5 Å². The van der Waals surface area contributed by atoms with Gasteiger partial charge in [0.2, 0.25) is 0 Å². The van der Waals surface area contributed by atoms with Crippen LogP contribution >= 0.6 is 11.3 Å². The number of fused-ring (bicyclic) bond motifs is 2. The normalized spacial score (nSPS) is 21.9. The molecule has 28 heavy (non-hydrogen) atoms. The molecule has 146 valence electrons. The molecule has 2 aliphatic rings. The summed E-state index contributed by atoms with van der Waals surface area (Å²) in [7, 11) is 0. The van der Waals surface area contributed by atoms with Crippen LogP contribution in [0.1, 0.15) is 41.4 Å². The van der Waals surface area contributed by atoms with E-state index in [-0.39, 0.29) is 11.9 Å². The fraction of sp³-hybridized carbons (Fsp3) is 0.476. The molecule has 0 saturated carbocycles. The number of hydrogen-bond donors (Lipinski definition) is 1. The van der Waals surface area contributed by atoms with Crippen molar-refractivity contribution in [2.24, 2.45) is 5.92 Å². The molecular formula is C21H25N5OS. The van der Waals surface area contributed by atoms with Crippen molar-refractivity contribution in [1.82, 2.24) is 19.7 Å². The molecule has 1 unspecified atom stereocenters. The molecule has 4 heterocycles. The molecule has 1 saturated heterocycles. The summed E-state index contributed by atoms with van der Waals surface area (Å²) in [5.41, 5.74) is 4.20. The second kappa shape index (κ2) is 6.88. The SMILES string of the molecule is Cc1cccc2nc(N[C@@H]3CCN(C(=O)c4cnn5c4CC(C)CC5)C3)sc12. The number of aromatic nitrogens is 3. The maximum absolute atomic E-state index is 13.1. The van der Waals surface area contributed by atoms with Crippen LogP contribution in [-0.2, 0) is 13.0 Å². The zero-order chi connectivity index (χ0) is 19.3. The third kappa shape index (κ3) is 3.07. The molecule has 2 aromatic heterocycles. The van der Waals surface area contributed by atoms with Gasteiger partial charge in [0.05, 0.1) is 27.7 Å². The van der Waals surface area contributed by atoms with Gasteiger partial charge in [-0.1, -0.05) is 30.4 Å². The number of anilines is 1. The van der Waals surface area contributed by atoms with E-state index in [1.54, 1.807) is 17.5 Å². The van der Waals surface area contributed by atoms with Crippen LogP contribution in [0.4, 0.5) is 5.13 Å². The quantitative estimate of drug-likeness (QED) is 0.734. The smallest absolute Gasteiger partial charge is 0.257 e. The van der Waals surface area contributed by atoms with Crippen LogP contribution in [0.2, 0.25) is 0 Å². The van der Waals surface area contributed by atoms with Crippen LogP contribution in [0.3, 0.4) is 0 Å². The van der Waals surface area contributed by atoms with Crippen molar-refractivity contribution in [3.8, 4) is 0 Å². The number of benzene rings is 1. The Kier molecular flexibility index (Phi) is 4.34. The van der Waals surface area contributed by atoms with Crippen molar-refractivity contribution in [3.05, 3.63) is 41.2 Å². The molecule has 2 aliphatic heterocycles. The highest BCUT2D eigenvalue weighted by Crippen LogP contribution is 2.30. The van der Waals surface area contributed by atoms with E-state index in [9.17, 15) is 4.79 Å². The number of rotatable bonds is 3. The van der Waals surface area contributed by atoms with Gasteiger partial charge in [0, 0.05) is 25.7 Å². The second-order valence-corrected chi connectivity index (χ2v) is 9.15. The van der Waals surface area contributed by atoms with Gasteiger partial charge in [-0.3, -0.25) is 9.48 Å². The number of carbonyl (C=O) groups is 1. The predicted octanol–water partition coefficient (Wildman–Crippen LogP) is 3.71. The number of aryl methyl sites for hydroxylation is 2. The number of thiazole rings is 1. The highest BCUT2D eigenvalue weighted by molar-refractivity contribution is 7.22. The van der Waals surface area contributed by atoms with Crippen LogP contribution in [-0.4, -0.2) is 44.7 Å². The van der Waals surface area contributed by atoms with Gasteiger partial charge in [0.1, 0.15) is 0 Å². The van der Waals surface area contributed by atoms with Crippen LogP contribution in [0.25, 0.3) is 10.2 Å². The molecule has 0 aliphatic carbocycles. The maximum atomic E-state index is 13.1. The number of nitrogens with one attached hydrogen (secondary N) is 1. The summed E-state index contributed by atoms with van der Waals surface area (Å²) in [4.78, 5) is 19.8. The largest absolute Gasteiger partial charge is 0.357 e. The van der Waals surface area contributed by atoms with Crippen molar-refractivity contribution in [2.45, 2.75) is 45.7 Å². The fourth-order valence-electron chi connectivity index (χ4n) is 4.33. The van der Waals surface area contributed by atoms with Gasteiger partial charge in [0.25, 0.3) is 5.91 Å². The summed E-state index contributed by atoms with van der Waals surface area (Å²) in [5.74, 6) is 0.742. The van der Waals surface area contributed by atoms with Gasteiger partial charge < -0.3 is 10.2 Å². The number of amides is 1. The average molecular weight is 396 g/mol. The minimum atomic E-state index is 0.125. The van der Waals surface area contributed by atoms with E-state index in [1.165, 1.54) is 10.3 Å². The Morgan fingerprint density at radius 3 is 3.04 bits per heavy atom. The zero-order valence-corrected chi connectivity index (χ0v) is 17.1. The molecule has 2 atom stereocenters. The van der Waals surface area contributed by atoms with Crippen LogP contribution in [0.15, 0.2) is 24.4 Å². The van der Waals surface area contributed by atoms with Gasteiger partial charge in [-0.05, 0) is 43.7 Å². The van der Waals surface area contributed by atoms with Gasteiger partial charge >= 0.3 is 0 Å². The molecule has 6 nitrogen and oxygen atoms in total. The third-order valence-electron chi connectivity index (χ3n) is 5.97. The Hall–Kier alpha value is -2.41. The van der Waals surface area contributed by atoms with Crippen LogP contribution in [0.5, 0.6) is 0 Å². The summed E-state index contributed by atoms with van der Waals surface area (Å²) in [6.45, 7) is 6.79. The Morgan fingerprint density at radius 2 is 2.18 bits per heavy atom. The summed E-state index contributed by atoms with van der Waals surface area (Å²) >= 11 is 1.70. The summed E-state index contributed by atoms with van der Waals surface area (Å²) in [6.07, 6.45) is 4.80. The second-order valence-electron chi connectivity index (χ2n) is 8.15.